The predicted molar refractivity (Wildman–Crippen MR) is 237 cm³/mol. The molecule has 0 radical (unpaired) electrons. The molecule has 9 aromatic carbocycles. The van der Waals surface area contributed by atoms with E-state index in [4.69, 9.17) is 0 Å². The normalized spacial score (nSPS) is 12.3. The van der Waals surface area contributed by atoms with Gasteiger partial charge >= 0.3 is 0 Å². The third-order valence-corrected chi connectivity index (χ3v) is 11.0. The van der Waals surface area contributed by atoms with Gasteiger partial charge in [-0.2, -0.15) is 0 Å². The highest BCUT2D eigenvalue weighted by atomic mass is 15.0. The second-order valence-corrected chi connectivity index (χ2v) is 14.3. The molecule has 0 saturated heterocycles. The van der Waals surface area contributed by atoms with Crippen molar-refractivity contribution in [2.75, 3.05) is 0 Å². The molecule has 2 aromatic heterocycles. The SMILES string of the molecule is [2H]c1c(-c2ccc3c(c2)c2cc(-c4ccccc4)ccc2n3-c2ccc(-c3cccc(-c4ccccc4)c3)cc2)c([2H])c2c3ccccc3n(-c3ccccc3)c2c1[2H]. The number of rotatable bonds is 6. The van der Waals surface area contributed by atoms with E-state index in [1.807, 2.05) is 77.4 Å². The Kier molecular flexibility index (Phi) is 6.81. The number of benzene rings is 9. The molecule has 0 unspecified atom stereocenters. The van der Waals surface area contributed by atoms with Crippen molar-refractivity contribution in [3.63, 3.8) is 0 Å². The van der Waals surface area contributed by atoms with Crippen LogP contribution in [0.4, 0.5) is 0 Å². The molecule has 2 heterocycles. The van der Waals surface area contributed by atoms with Crippen molar-refractivity contribution in [3.05, 3.63) is 218 Å². The fraction of sp³-hybridized carbons (Fsp3) is 0. The van der Waals surface area contributed by atoms with E-state index in [1.54, 1.807) is 0 Å². The first kappa shape index (κ1) is 29.0. The molecule has 0 spiro atoms. The van der Waals surface area contributed by atoms with E-state index in [0.29, 0.717) is 16.5 Å². The Morgan fingerprint density at radius 1 is 0.268 bits per heavy atom. The first-order valence-corrected chi connectivity index (χ1v) is 19.0. The van der Waals surface area contributed by atoms with E-state index < -0.39 is 0 Å². The molecule has 0 fully saturated rings. The van der Waals surface area contributed by atoms with Crippen LogP contribution in [-0.4, -0.2) is 9.13 Å². The maximum atomic E-state index is 9.76. The number of nitrogens with zero attached hydrogens (tertiary/aromatic N) is 2. The third-order valence-electron chi connectivity index (χ3n) is 11.0. The molecule has 11 aromatic rings. The number of hydrogen-bond donors (Lipinski definition) is 0. The Morgan fingerprint density at radius 2 is 0.714 bits per heavy atom. The van der Waals surface area contributed by atoms with Crippen molar-refractivity contribution in [2.24, 2.45) is 0 Å². The zero-order valence-corrected chi connectivity index (χ0v) is 30.4. The summed E-state index contributed by atoms with van der Waals surface area (Å²) in [5.74, 6) is 0. The van der Waals surface area contributed by atoms with E-state index in [1.165, 1.54) is 11.1 Å². The fourth-order valence-electron chi connectivity index (χ4n) is 8.33. The van der Waals surface area contributed by atoms with Crippen LogP contribution in [0.2, 0.25) is 0 Å². The summed E-state index contributed by atoms with van der Waals surface area (Å²) in [6.07, 6.45) is 0. The molecule has 0 aliphatic heterocycles. The van der Waals surface area contributed by atoms with Crippen LogP contribution in [0.25, 0.3) is 99.5 Å². The van der Waals surface area contributed by atoms with Gasteiger partial charge in [0, 0.05) is 32.9 Å². The highest BCUT2D eigenvalue weighted by Crippen LogP contribution is 2.40. The molecular formula is C54H36N2. The first-order chi connectivity index (χ1) is 29.0. The zero-order valence-electron chi connectivity index (χ0n) is 33.4. The minimum absolute atomic E-state index is 0.0440. The maximum Gasteiger partial charge on any atom is 0.0645 e. The van der Waals surface area contributed by atoms with Crippen molar-refractivity contribution in [1.82, 2.24) is 9.13 Å². The molecule has 0 amide bonds. The van der Waals surface area contributed by atoms with Gasteiger partial charge in [0.1, 0.15) is 0 Å². The fourth-order valence-corrected chi connectivity index (χ4v) is 8.33. The molecule has 0 aliphatic rings. The summed E-state index contributed by atoms with van der Waals surface area (Å²) < 4.78 is 33.0. The Balaban J connectivity index is 1.10. The second-order valence-electron chi connectivity index (χ2n) is 14.3. The van der Waals surface area contributed by atoms with Crippen LogP contribution < -0.4 is 0 Å². The molecule has 0 saturated carbocycles. The van der Waals surface area contributed by atoms with Gasteiger partial charge in [-0.05, 0) is 117 Å². The Bertz CT molecular complexity index is 3390. The molecule has 0 atom stereocenters. The van der Waals surface area contributed by atoms with Gasteiger partial charge in [0.15, 0.2) is 0 Å². The van der Waals surface area contributed by atoms with Gasteiger partial charge in [0.25, 0.3) is 0 Å². The average Bonchev–Trinajstić information content (AvgIpc) is 3.82. The predicted octanol–water partition coefficient (Wildman–Crippen LogP) is 14.5. The van der Waals surface area contributed by atoms with Gasteiger partial charge in [-0.1, -0.05) is 146 Å². The van der Waals surface area contributed by atoms with Crippen molar-refractivity contribution in [2.45, 2.75) is 0 Å². The lowest BCUT2D eigenvalue weighted by Gasteiger charge is -2.11. The van der Waals surface area contributed by atoms with Crippen LogP contribution in [0.5, 0.6) is 0 Å². The molecule has 2 heteroatoms. The van der Waals surface area contributed by atoms with E-state index >= 15 is 0 Å². The highest BCUT2D eigenvalue weighted by Gasteiger charge is 2.17. The number of para-hydroxylation sites is 2. The van der Waals surface area contributed by atoms with Crippen LogP contribution in [0.15, 0.2) is 218 Å². The summed E-state index contributed by atoms with van der Waals surface area (Å²) in [5, 5.41) is 3.68. The van der Waals surface area contributed by atoms with Gasteiger partial charge in [-0.3, -0.25) is 0 Å². The lowest BCUT2D eigenvalue weighted by molar-refractivity contribution is 1.18. The Morgan fingerprint density at radius 3 is 1.36 bits per heavy atom. The number of aromatic nitrogens is 2. The molecule has 0 N–H and O–H groups in total. The summed E-state index contributed by atoms with van der Waals surface area (Å²) in [4.78, 5) is 0. The van der Waals surface area contributed by atoms with Crippen LogP contribution in [-0.2, 0) is 0 Å². The molecule has 2 nitrogen and oxygen atoms in total. The van der Waals surface area contributed by atoms with Gasteiger partial charge in [0.05, 0.1) is 26.2 Å². The van der Waals surface area contributed by atoms with Gasteiger partial charge in [-0.25, -0.2) is 0 Å². The lowest BCUT2D eigenvalue weighted by atomic mass is 9.99. The van der Waals surface area contributed by atoms with E-state index in [-0.39, 0.29) is 18.1 Å². The summed E-state index contributed by atoms with van der Waals surface area (Å²) in [7, 11) is 0. The number of fused-ring (bicyclic) bond motifs is 6. The van der Waals surface area contributed by atoms with E-state index in [2.05, 4.69) is 132 Å². The molecular weight excluding hydrogens is 677 g/mol. The van der Waals surface area contributed by atoms with E-state index in [9.17, 15) is 4.11 Å². The van der Waals surface area contributed by atoms with Gasteiger partial charge in [0.2, 0.25) is 0 Å². The van der Waals surface area contributed by atoms with Crippen molar-refractivity contribution >= 4 is 43.6 Å². The maximum absolute atomic E-state index is 9.76. The first-order valence-electron chi connectivity index (χ1n) is 20.5. The third kappa shape index (κ3) is 5.34. The Hall–Kier alpha value is -7.42. The zero-order chi connectivity index (χ0) is 39.6. The summed E-state index contributed by atoms with van der Waals surface area (Å²) in [5.41, 5.74) is 13.7. The van der Waals surface area contributed by atoms with Crippen molar-refractivity contribution in [3.8, 4) is 55.9 Å². The topological polar surface area (TPSA) is 9.86 Å². The van der Waals surface area contributed by atoms with E-state index in [0.717, 1.165) is 71.9 Å². The summed E-state index contributed by atoms with van der Waals surface area (Å²) >= 11 is 0. The highest BCUT2D eigenvalue weighted by molar-refractivity contribution is 6.13. The molecule has 0 bridgehead atoms. The largest absolute Gasteiger partial charge is 0.309 e. The quantitative estimate of drug-likeness (QED) is 0.162. The summed E-state index contributed by atoms with van der Waals surface area (Å²) in [6, 6.07) is 69.6. The van der Waals surface area contributed by atoms with Crippen LogP contribution >= 0.6 is 0 Å². The molecule has 56 heavy (non-hydrogen) atoms. The standard InChI is InChI=1S/C54H36N2/c1-4-13-37(14-5-1)40-17-12-18-41(33-40)39-23-28-46(29-24-39)56-53-30-25-42(38-15-6-2-7-16-38)34-49(53)50-36-44(27-32-54(50)56)43-26-31-52-48(35-43)47-21-10-11-22-51(47)55(52)45-19-8-3-9-20-45/h1-36H/i26D,31D,35D. The van der Waals surface area contributed by atoms with Crippen LogP contribution in [0, 0.1) is 0 Å². The van der Waals surface area contributed by atoms with Crippen LogP contribution in [0.3, 0.4) is 0 Å². The molecule has 262 valence electrons. The van der Waals surface area contributed by atoms with Crippen molar-refractivity contribution in [1.29, 1.82) is 0 Å². The molecule has 0 aliphatic carbocycles. The average molecular weight is 716 g/mol. The lowest BCUT2D eigenvalue weighted by Crippen LogP contribution is -1.94. The Labute approximate surface area is 330 Å². The number of hydrogen-bond acceptors (Lipinski definition) is 0. The van der Waals surface area contributed by atoms with Gasteiger partial charge < -0.3 is 9.13 Å². The van der Waals surface area contributed by atoms with Crippen LogP contribution in [0.1, 0.15) is 4.11 Å². The summed E-state index contributed by atoms with van der Waals surface area (Å²) in [6.45, 7) is 0. The van der Waals surface area contributed by atoms with Gasteiger partial charge in [-0.15, -0.1) is 0 Å². The smallest absolute Gasteiger partial charge is 0.0645 e. The second kappa shape index (κ2) is 13.2. The molecule has 11 rings (SSSR count). The van der Waals surface area contributed by atoms with Crippen molar-refractivity contribution < 1.29 is 4.11 Å². The minimum atomic E-state index is 0.0440. The monoisotopic (exact) mass is 715 g/mol. The minimum Gasteiger partial charge on any atom is -0.309 e.